The van der Waals surface area contributed by atoms with Crippen molar-refractivity contribution in [3.8, 4) is 0 Å². The molecular formula is C14H21BrN2. The van der Waals surface area contributed by atoms with Gasteiger partial charge in [0.05, 0.1) is 0 Å². The maximum atomic E-state index is 6.07. The first kappa shape index (κ1) is 12.9. The molecule has 0 aromatic heterocycles. The van der Waals surface area contributed by atoms with Crippen molar-refractivity contribution >= 4 is 21.6 Å². The fraction of sp³-hybridized carbons (Fsp3) is 0.571. The lowest BCUT2D eigenvalue weighted by Crippen LogP contribution is -2.38. The number of anilines is 1. The fourth-order valence-corrected chi connectivity index (χ4v) is 3.04. The second-order valence-corrected chi connectivity index (χ2v) is 5.79. The van der Waals surface area contributed by atoms with Crippen LogP contribution in [0.15, 0.2) is 22.7 Å². The van der Waals surface area contributed by atoms with Gasteiger partial charge in [0, 0.05) is 22.7 Å². The molecule has 0 bridgehead atoms. The van der Waals surface area contributed by atoms with Crippen molar-refractivity contribution in [2.24, 2.45) is 0 Å². The van der Waals surface area contributed by atoms with Gasteiger partial charge in [-0.15, -0.1) is 0 Å². The Balaban J connectivity index is 2.08. The van der Waals surface area contributed by atoms with Gasteiger partial charge in [-0.25, -0.2) is 0 Å². The second kappa shape index (κ2) is 5.87. The van der Waals surface area contributed by atoms with E-state index in [1.54, 1.807) is 0 Å². The molecule has 0 aliphatic carbocycles. The zero-order chi connectivity index (χ0) is 12.3. The SMILES string of the molecule is CCC1CCCCN1Cc1ccc(Br)cc1N. The molecule has 0 radical (unpaired) electrons. The summed E-state index contributed by atoms with van der Waals surface area (Å²) in [4.78, 5) is 2.59. The lowest BCUT2D eigenvalue weighted by molar-refractivity contribution is 0.136. The molecule has 0 spiro atoms. The highest BCUT2D eigenvalue weighted by Gasteiger charge is 2.21. The van der Waals surface area contributed by atoms with Gasteiger partial charge in [-0.05, 0) is 43.5 Å². The summed E-state index contributed by atoms with van der Waals surface area (Å²) < 4.78 is 1.06. The van der Waals surface area contributed by atoms with Gasteiger partial charge in [-0.1, -0.05) is 35.3 Å². The molecule has 1 aromatic rings. The van der Waals surface area contributed by atoms with E-state index in [-0.39, 0.29) is 0 Å². The Kier molecular flexibility index (Phi) is 4.46. The highest BCUT2D eigenvalue weighted by Crippen LogP contribution is 2.25. The van der Waals surface area contributed by atoms with Crippen molar-refractivity contribution in [2.45, 2.75) is 45.2 Å². The maximum Gasteiger partial charge on any atom is 0.0371 e. The van der Waals surface area contributed by atoms with Crippen LogP contribution in [-0.4, -0.2) is 17.5 Å². The lowest BCUT2D eigenvalue weighted by Gasteiger charge is -2.35. The van der Waals surface area contributed by atoms with Crippen LogP contribution in [0.1, 0.15) is 38.2 Å². The zero-order valence-electron chi connectivity index (χ0n) is 10.5. The smallest absolute Gasteiger partial charge is 0.0371 e. The van der Waals surface area contributed by atoms with E-state index in [2.05, 4.69) is 39.9 Å². The molecule has 1 unspecified atom stereocenters. The van der Waals surface area contributed by atoms with E-state index in [9.17, 15) is 0 Å². The highest BCUT2D eigenvalue weighted by atomic mass is 79.9. The molecule has 2 nitrogen and oxygen atoms in total. The second-order valence-electron chi connectivity index (χ2n) is 4.87. The van der Waals surface area contributed by atoms with Crippen LogP contribution in [0.3, 0.4) is 0 Å². The maximum absolute atomic E-state index is 6.07. The van der Waals surface area contributed by atoms with Gasteiger partial charge in [0.2, 0.25) is 0 Å². The van der Waals surface area contributed by atoms with Crippen molar-refractivity contribution in [1.29, 1.82) is 0 Å². The predicted molar refractivity (Wildman–Crippen MR) is 76.9 cm³/mol. The van der Waals surface area contributed by atoms with E-state index in [0.717, 1.165) is 22.7 Å². The van der Waals surface area contributed by atoms with Gasteiger partial charge in [-0.3, -0.25) is 4.90 Å². The summed E-state index contributed by atoms with van der Waals surface area (Å²) in [6.45, 7) is 4.50. The van der Waals surface area contributed by atoms with E-state index in [1.165, 1.54) is 37.8 Å². The number of piperidine rings is 1. The molecule has 0 amide bonds. The topological polar surface area (TPSA) is 29.3 Å². The van der Waals surface area contributed by atoms with Crippen molar-refractivity contribution in [3.05, 3.63) is 28.2 Å². The van der Waals surface area contributed by atoms with E-state index in [1.807, 2.05) is 6.07 Å². The molecular weight excluding hydrogens is 276 g/mol. The predicted octanol–water partition coefficient (Wildman–Crippen LogP) is 3.80. The quantitative estimate of drug-likeness (QED) is 0.860. The third-order valence-corrected chi connectivity index (χ3v) is 4.19. The number of rotatable bonds is 3. The van der Waals surface area contributed by atoms with E-state index in [4.69, 9.17) is 5.73 Å². The van der Waals surface area contributed by atoms with Crippen LogP contribution in [0, 0.1) is 0 Å². The Labute approximate surface area is 112 Å². The summed E-state index contributed by atoms with van der Waals surface area (Å²) >= 11 is 3.45. The van der Waals surface area contributed by atoms with Crippen LogP contribution in [0.25, 0.3) is 0 Å². The minimum atomic E-state index is 0.742. The number of hydrogen-bond donors (Lipinski definition) is 1. The van der Waals surface area contributed by atoms with Gasteiger partial charge in [0.1, 0.15) is 0 Å². The minimum absolute atomic E-state index is 0.742. The van der Waals surface area contributed by atoms with Crippen LogP contribution in [-0.2, 0) is 6.54 Å². The summed E-state index contributed by atoms with van der Waals surface area (Å²) in [6.07, 6.45) is 5.29. The number of likely N-dealkylation sites (tertiary alicyclic amines) is 1. The molecule has 1 fully saturated rings. The summed E-state index contributed by atoms with van der Waals surface area (Å²) in [5.41, 5.74) is 8.23. The molecule has 2 N–H and O–H groups in total. The van der Waals surface area contributed by atoms with E-state index >= 15 is 0 Å². The van der Waals surface area contributed by atoms with Crippen LogP contribution in [0.4, 0.5) is 5.69 Å². The minimum Gasteiger partial charge on any atom is -0.398 e. The molecule has 1 atom stereocenters. The van der Waals surface area contributed by atoms with Crippen molar-refractivity contribution in [2.75, 3.05) is 12.3 Å². The Morgan fingerprint density at radius 3 is 2.94 bits per heavy atom. The van der Waals surface area contributed by atoms with Crippen LogP contribution < -0.4 is 5.73 Å². The molecule has 1 aliphatic rings. The normalized spacial score (nSPS) is 21.6. The lowest BCUT2D eigenvalue weighted by atomic mass is 9.99. The third kappa shape index (κ3) is 3.23. The fourth-order valence-electron chi connectivity index (χ4n) is 2.66. The Hall–Kier alpha value is -0.540. The van der Waals surface area contributed by atoms with Crippen LogP contribution >= 0.6 is 15.9 Å². The van der Waals surface area contributed by atoms with Gasteiger partial charge in [0.25, 0.3) is 0 Å². The monoisotopic (exact) mass is 296 g/mol. The number of halogens is 1. The summed E-state index contributed by atoms with van der Waals surface area (Å²) in [7, 11) is 0. The first-order chi connectivity index (χ1) is 8.20. The van der Waals surface area contributed by atoms with Crippen molar-refractivity contribution in [1.82, 2.24) is 4.90 Å². The molecule has 1 saturated heterocycles. The molecule has 1 heterocycles. The van der Waals surface area contributed by atoms with Crippen LogP contribution in [0.2, 0.25) is 0 Å². The summed E-state index contributed by atoms with van der Waals surface area (Å²) in [5.74, 6) is 0. The van der Waals surface area contributed by atoms with Gasteiger partial charge >= 0.3 is 0 Å². The molecule has 17 heavy (non-hydrogen) atoms. The largest absolute Gasteiger partial charge is 0.398 e. The van der Waals surface area contributed by atoms with Crippen LogP contribution in [0.5, 0.6) is 0 Å². The Morgan fingerprint density at radius 2 is 2.24 bits per heavy atom. The summed E-state index contributed by atoms with van der Waals surface area (Å²) in [5, 5.41) is 0. The van der Waals surface area contributed by atoms with Gasteiger partial charge in [0.15, 0.2) is 0 Å². The number of nitrogens with two attached hydrogens (primary N) is 1. The first-order valence-corrected chi connectivity index (χ1v) is 7.28. The van der Waals surface area contributed by atoms with E-state index < -0.39 is 0 Å². The molecule has 3 heteroatoms. The van der Waals surface area contributed by atoms with Gasteiger partial charge in [-0.2, -0.15) is 0 Å². The highest BCUT2D eigenvalue weighted by molar-refractivity contribution is 9.10. The number of nitrogens with zero attached hydrogens (tertiary/aromatic N) is 1. The summed E-state index contributed by atoms with van der Waals surface area (Å²) in [6, 6.07) is 6.96. The first-order valence-electron chi connectivity index (χ1n) is 6.48. The van der Waals surface area contributed by atoms with E-state index in [0.29, 0.717) is 0 Å². The van der Waals surface area contributed by atoms with Crippen molar-refractivity contribution in [3.63, 3.8) is 0 Å². The average Bonchev–Trinajstić information content (AvgIpc) is 2.33. The van der Waals surface area contributed by atoms with Gasteiger partial charge < -0.3 is 5.73 Å². The average molecular weight is 297 g/mol. The number of benzene rings is 1. The number of hydrogen-bond acceptors (Lipinski definition) is 2. The number of nitrogen functional groups attached to an aromatic ring is 1. The Bertz CT molecular complexity index is 378. The molecule has 94 valence electrons. The molecule has 1 aliphatic heterocycles. The van der Waals surface area contributed by atoms with Crippen molar-refractivity contribution < 1.29 is 0 Å². The Morgan fingerprint density at radius 1 is 1.41 bits per heavy atom. The molecule has 1 aromatic carbocycles. The zero-order valence-corrected chi connectivity index (χ0v) is 12.0. The standard InChI is InChI=1S/C14H21BrN2/c1-2-13-5-3-4-8-17(13)10-11-6-7-12(15)9-14(11)16/h6-7,9,13H,2-5,8,10,16H2,1H3. The molecule has 2 rings (SSSR count). The third-order valence-electron chi connectivity index (χ3n) is 3.70. The molecule has 0 saturated carbocycles.